The van der Waals surface area contributed by atoms with E-state index < -0.39 is 5.97 Å². The molecule has 9 rings (SSSR count). The zero-order valence-electron chi connectivity index (χ0n) is 32.3. The maximum absolute atomic E-state index is 12.1. The molecule has 290 valence electrons. The molecule has 0 radical (unpaired) electrons. The molecule has 17 unspecified atom stereocenters. The molecule has 5 saturated heterocycles. The summed E-state index contributed by atoms with van der Waals surface area (Å²) in [5, 5.41) is 43.6. The number of carboxylic acid groups (broad SMARTS) is 1. The number of carbonyl (C=O) groups is 1. The van der Waals surface area contributed by atoms with Crippen LogP contribution >= 0.6 is 0 Å². The molecule has 0 aromatic carbocycles. The summed E-state index contributed by atoms with van der Waals surface area (Å²) in [4.78, 5) is 12.1. The van der Waals surface area contributed by atoms with E-state index in [1.165, 1.54) is 83.5 Å². The zero-order valence-corrected chi connectivity index (χ0v) is 35.3. The van der Waals surface area contributed by atoms with Crippen LogP contribution in [0.25, 0.3) is 0 Å². The number of ether oxygens (including phenoxy) is 1. The molecule has 9 N–H and O–H groups in total. The quantitative estimate of drug-likeness (QED) is 0.145. The van der Waals surface area contributed by atoms with Crippen molar-refractivity contribution >= 4 is 5.97 Å². The molecule has 0 aromatic heterocycles. The van der Waals surface area contributed by atoms with Gasteiger partial charge in [-0.1, -0.05) is 44.9 Å². The van der Waals surface area contributed by atoms with Gasteiger partial charge in [0.05, 0.1) is 83.0 Å². The van der Waals surface area contributed by atoms with E-state index in [1.54, 1.807) is 0 Å². The van der Waals surface area contributed by atoms with Gasteiger partial charge in [-0.15, -0.1) is 0 Å². The standard InChI is InChI=1S/C39H69N9O3.Zn/c1-48(2,3)20-21(19-30(49)50)51-29-18-10-17-28-31(29)39-46-37-27-16-9-8-15-26(27)35(44-37)42-33-23-12-5-4-11-22(23)32(40-33)41-34-24-13-6-7-14-25(24)36(43-34)45-38(28)47-39;/h21-29,31-47H,4-20H2,1-3H3;/p+1/t21-,22?,23?,24?,25?,26?,27?,28?,29?,31?,32?,33?,34?,35?,36?,37?,38?,39?;/m1./s1. The van der Waals surface area contributed by atoms with Crippen LogP contribution in [-0.4, -0.2) is 105 Å². The van der Waals surface area contributed by atoms with E-state index in [0.717, 1.165) is 12.8 Å². The number of quaternary nitrogens is 1. The summed E-state index contributed by atoms with van der Waals surface area (Å²) >= 11 is 0. The SMILES string of the molecule is C[N+](C)(C)C[C@@H](CC(=O)O)OC1CCCC2C3NC4NC(NC5NC(NC6NC(NC(N3)C12)C1CCCCC61)C1CCCCC51)C1CCCCC41.[Zn]. The molecule has 0 spiro atoms. The van der Waals surface area contributed by atoms with Crippen molar-refractivity contribution in [3.63, 3.8) is 0 Å². The maximum atomic E-state index is 12.1. The van der Waals surface area contributed by atoms with E-state index in [4.69, 9.17) is 4.74 Å². The van der Waals surface area contributed by atoms with Gasteiger partial charge >= 0.3 is 5.97 Å². The van der Waals surface area contributed by atoms with E-state index in [-0.39, 0.29) is 68.7 Å². The van der Waals surface area contributed by atoms with E-state index >= 15 is 0 Å². The van der Waals surface area contributed by atoms with Gasteiger partial charge in [-0.25, -0.2) is 0 Å². The maximum Gasteiger partial charge on any atom is 0.306 e. The second-order valence-electron chi connectivity index (χ2n) is 19.5. The third-order valence-electron chi connectivity index (χ3n) is 15.4. The molecule has 13 heteroatoms. The van der Waals surface area contributed by atoms with E-state index in [9.17, 15) is 9.90 Å². The fourth-order valence-electron chi connectivity index (χ4n) is 13.4. The van der Waals surface area contributed by atoms with Crippen LogP contribution < -0.4 is 42.5 Å². The Bertz CT molecular complexity index is 1240. The molecule has 5 aliphatic heterocycles. The monoisotopic (exact) mass is 776 g/mol. The molecule has 0 amide bonds. The van der Waals surface area contributed by atoms with Crippen LogP contribution in [0.5, 0.6) is 0 Å². The number of nitrogens with zero attached hydrogens (tertiary/aromatic N) is 1. The predicted molar refractivity (Wildman–Crippen MR) is 196 cm³/mol. The molecule has 8 bridgehead atoms. The minimum absolute atomic E-state index is 0. The van der Waals surface area contributed by atoms with Crippen LogP contribution in [0.1, 0.15) is 103 Å². The molecule has 9 fully saturated rings. The zero-order chi connectivity index (χ0) is 34.9. The Balaban J connectivity index is 0.00000387. The van der Waals surface area contributed by atoms with Crippen LogP contribution in [0.15, 0.2) is 0 Å². The Kier molecular flexibility index (Phi) is 11.8. The van der Waals surface area contributed by atoms with Crippen molar-refractivity contribution in [3.05, 3.63) is 0 Å². The number of hydrogen-bond donors (Lipinski definition) is 9. The van der Waals surface area contributed by atoms with E-state index in [2.05, 4.69) is 63.7 Å². The first-order chi connectivity index (χ1) is 24.7. The molecule has 4 saturated carbocycles. The third-order valence-corrected chi connectivity index (χ3v) is 15.4. The molecule has 9 aliphatic rings. The first-order valence-electron chi connectivity index (χ1n) is 21.4. The second-order valence-corrected chi connectivity index (χ2v) is 19.5. The largest absolute Gasteiger partial charge is 0.481 e. The molecular weight excluding hydrogens is 708 g/mol. The topological polar surface area (TPSA) is 143 Å². The predicted octanol–water partition coefficient (Wildman–Crippen LogP) is 2.15. The molecule has 5 heterocycles. The van der Waals surface area contributed by atoms with Crippen molar-refractivity contribution < 1.29 is 38.6 Å². The van der Waals surface area contributed by atoms with Crippen molar-refractivity contribution in [2.24, 2.45) is 47.3 Å². The van der Waals surface area contributed by atoms with Crippen LogP contribution in [0.4, 0.5) is 0 Å². The Morgan fingerprint density at radius 3 is 1.21 bits per heavy atom. The Morgan fingerprint density at radius 1 is 0.538 bits per heavy atom. The van der Waals surface area contributed by atoms with Crippen LogP contribution in [0.2, 0.25) is 0 Å². The number of hydrogen-bond acceptors (Lipinski definition) is 10. The number of carboxylic acids is 1. The smallest absolute Gasteiger partial charge is 0.306 e. The van der Waals surface area contributed by atoms with Crippen LogP contribution in [0.3, 0.4) is 0 Å². The average molecular weight is 778 g/mol. The number of aliphatic carboxylic acids is 1. The van der Waals surface area contributed by atoms with Gasteiger partial charge in [0.1, 0.15) is 12.6 Å². The summed E-state index contributed by atoms with van der Waals surface area (Å²) in [6, 6.07) is 0. The van der Waals surface area contributed by atoms with Gasteiger partial charge in [-0.2, -0.15) is 0 Å². The Morgan fingerprint density at radius 2 is 0.865 bits per heavy atom. The van der Waals surface area contributed by atoms with Crippen molar-refractivity contribution in [2.45, 2.75) is 164 Å². The molecule has 4 aliphatic carbocycles. The van der Waals surface area contributed by atoms with Gasteiger partial charge < -0.3 is 14.3 Å². The summed E-state index contributed by atoms with van der Waals surface area (Å²) in [6.07, 6.45) is 20.9. The second kappa shape index (κ2) is 15.9. The van der Waals surface area contributed by atoms with Crippen molar-refractivity contribution in [1.29, 1.82) is 0 Å². The minimum Gasteiger partial charge on any atom is -0.481 e. The van der Waals surface area contributed by atoms with Crippen molar-refractivity contribution in [1.82, 2.24) is 42.5 Å². The average Bonchev–Trinajstić information content (AvgIpc) is 3.83. The Labute approximate surface area is 325 Å². The van der Waals surface area contributed by atoms with Gasteiger partial charge in [0.2, 0.25) is 0 Å². The van der Waals surface area contributed by atoms with Gasteiger partial charge in [0.15, 0.2) is 0 Å². The van der Waals surface area contributed by atoms with Gasteiger partial charge in [0, 0.05) is 25.4 Å². The summed E-state index contributed by atoms with van der Waals surface area (Å²) in [7, 11) is 6.42. The molecule has 12 nitrogen and oxygen atoms in total. The van der Waals surface area contributed by atoms with E-state index in [0.29, 0.717) is 77.1 Å². The van der Waals surface area contributed by atoms with E-state index in [1.807, 2.05) is 0 Å². The molecular formula is C39H70N9O3Zn+. The summed E-state index contributed by atoms with van der Waals surface area (Å²) < 4.78 is 7.70. The first kappa shape index (κ1) is 38.6. The number of rotatable bonds is 6. The van der Waals surface area contributed by atoms with Crippen molar-refractivity contribution in [3.8, 4) is 0 Å². The fourth-order valence-corrected chi connectivity index (χ4v) is 13.4. The number of fused-ring (bicyclic) bond motifs is 20. The minimum atomic E-state index is -0.769. The van der Waals surface area contributed by atoms with Gasteiger partial charge in [-0.3, -0.25) is 47.3 Å². The molecule has 18 atom stereocenters. The number of nitrogens with one attached hydrogen (secondary N) is 8. The summed E-state index contributed by atoms with van der Waals surface area (Å²) in [6.45, 7) is 0.691. The summed E-state index contributed by atoms with van der Waals surface area (Å²) in [5.74, 6) is 3.75. The Hall–Kier alpha value is -0.307. The van der Waals surface area contributed by atoms with Crippen molar-refractivity contribution in [2.75, 3.05) is 27.7 Å². The van der Waals surface area contributed by atoms with Crippen LogP contribution in [-0.2, 0) is 29.0 Å². The van der Waals surface area contributed by atoms with Gasteiger partial charge in [-0.05, 0) is 92.8 Å². The van der Waals surface area contributed by atoms with Crippen LogP contribution in [0, 0.1) is 47.3 Å². The first-order valence-corrected chi connectivity index (χ1v) is 21.4. The molecule has 52 heavy (non-hydrogen) atoms. The normalized spacial score (nSPS) is 49.2. The molecule has 0 aromatic rings. The fraction of sp³-hybridized carbons (Fsp3) is 0.974. The number of likely N-dealkylation sites (N-methyl/N-ethyl adjacent to an activating group) is 1. The third kappa shape index (κ3) is 7.70. The summed E-state index contributed by atoms with van der Waals surface area (Å²) in [5.41, 5.74) is 0. The van der Waals surface area contributed by atoms with Gasteiger partial charge in [0.25, 0.3) is 0 Å².